The number of fused-ring (bicyclic) bond motifs is 1. The first-order valence-electron chi connectivity index (χ1n) is 6.51. The molecule has 2 heteroatoms. The van der Waals surface area contributed by atoms with Gasteiger partial charge in [0.15, 0.2) is 0 Å². The van der Waals surface area contributed by atoms with Crippen LogP contribution >= 0.6 is 0 Å². The van der Waals surface area contributed by atoms with E-state index in [1.165, 1.54) is 34.0 Å². The van der Waals surface area contributed by atoms with E-state index in [1.54, 1.807) is 0 Å². The Hall–Kier alpha value is -1.28. The zero-order chi connectivity index (χ0) is 12.3. The van der Waals surface area contributed by atoms with Gasteiger partial charge in [-0.3, -0.25) is 0 Å². The van der Waals surface area contributed by atoms with Crippen molar-refractivity contribution in [2.24, 2.45) is 0 Å². The molecule has 2 nitrogen and oxygen atoms in total. The highest BCUT2D eigenvalue weighted by Gasteiger charge is 2.06. The summed E-state index contributed by atoms with van der Waals surface area (Å²) in [6, 6.07) is 4.47. The van der Waals surface area contributed by atoms with Gasteiger partial charge in [0, 0.05) is 17.1 Å². The van der Waals surface area contributed by atoms with Crippen LogP contribution < -0.4 is 5.32 Å². The van der Waals surface area contributed by atoms with Gasteiger partial charge in [-0.15, -0.1) is 0 Å². The topological polar surface area (TPSA) is 27.8 Å². The molecule has 0 fully saturated rings. The molecule has 0 amide bonds. The van der Waals surface area contributed by atoms with Crippen LogP contribution in [-0.4, -0.2) is 18.1 Å². The Morgan fingerprint density at radius 1 is 1.24 bits per heavy atom. The van der Waals surface area contributed by atoms with Crippen molar-refractivity contribution in [2.75, 3.05) is 13.1 Å². The van der Waals surface area contributed by atoms with Gasteiger partial charge in [0.25, 0.3) is 0 Å². The van der Waals surface area contributed by atoms with Crippen molar-refractivity contribution >= 4 is 10.9 Å². The molecule has 17 heavy (non-hydrogen) atoms. The molecule has 1 heterocycles. The van der Waals surface area contributed by atoms with Crippen LogP contribution in [0.3, 0.4) is 0 Å². The van der Waals surface area contributed by atoms with E-state index in [0.717, 1.165) is 19.5 Å². The highest BCUT2D eigenvalue weighted by atomic mass is 14.8. The van der Waals surface area contributed by atoms with E-state index in [-0.39, 0.29) is 0 Å². The van der Waals surface area contributed by atoms with Gasteiger partial charge in [-0.25, -0.2) is 0 Å². The lowest BCUT2D eigenvalue weighted by atomic mass is 10.0. The second-order valence-electron chi connectivity index (χ2n) is 4.70. The number of aromatic amines is 1. The van der Waals surface area contributed by atoms with E-state index in [2.05, 4.69) is 49.4 Å². The average molecular weight is 230 g/mol. The Morgan fingerprint density at radius 2 is 2.06 bits per heavy atom. The predicted octanol–water partition coefficient (Wildman–Crippen LogP) is 3.33. The third kappa shape index (κ3) is 2.52. The molecule has 0 aliphatic rings. The summed E-state index contributed by atoms with van der Waals surface area (Å²) in [5.74, 6) is 0. The normalized spacial score (nSPS) is 11.2. The molecule has 0 atom stereocenters. The van der Waals surface area contributed by atoms with E-state index in [9.17, 15) is 0 Å². The molecule has 1 aromatic carbocycles. The van der Waals surface area contributed by atoms with Crippen LogP contribution in [0.1, 0.15) is 30.0 Å². The fraction of sp³-hybridized carbons (Fsp3) is 0.467. The average Bonchev–Trinajstić information content (AvgIpc) is 2.73. The fourth-order valence-corrected chi connectivity index (χ4v) is 2.29. The van der Waals surface area contributed by atoms with Crippen molar-refractivity contribution in [3.8, 4) is 0 Å². The maximum absolute atomic E-state index is 3.42. The summed E-state index contributed by atoms with van der Waals surface area (Å²) < 4.78 is 0. The van der Waals surface area contributed by atoms with Gasteiger partial charge in [0.2, 0.25) is 0 Å². The standard InChI is InChI=1S/C15H22N2/c1-4-16-9-5-6-13-10-17-15-12(3)11(2)7-8-14(13)15/h7-8,10,16-17H,4-6,9H2,1-3H3. The first kappa shape index (κ1) is 12.2. The smallest absolute Gasteiger partial charge is 0.0489 e. The summed E-state index contributed by atoms with van der Waals surface area (Å²) in [6.07, 6.45) is 4.52. The minimum atomic E-state index is 1.06. The van der Waals surface area contributed by atoms with Crippen LogP contribution in [0.4, 0.5) is 0 Å². The molecule has 92 valence electrons. The van der Waals surface area contributed by atoms with Crippen LogP contribution in [0, 0.1) is 13.8 Å². The summed E-state index contributed by atoms with van der Waals surface area (Å²) in [5.41, 5.74) is 5.49. The quantitative estimate of drug-likeness (QED) is 0.758. The lowest BCUT2D eigenvalue weighted by Gasteiger charge is -2.03. The summed E-state index contributed by atoms with van der Waals surface area (Å²) >= 11 is 0. The number of aryl methyl sites for hydroxylation is 3. The molecule has 2 rings (SSSR count). The maximum Gasteiger partial charge on any atom is 0.0489 e. The van der Waals surface area contributed by atoms with Crippen LogP contribution in [0.2, 0.25) is 0 Å². The van der Waals surface area contributed by atoms with E-state index < -0.39 is 0 Å². The van der Waals surface area contributed by atoms with Gasteiger partial charge >= 0.3 is 0 Å². The van der Waals surface area contributed by atoms with Gasteiger partial charge in [-0.2, -0.15) is 0 Å². The lowest BCUT2D eigenvalue weighted by Crippen LogP contribution is -2.14. The van der Waals surface area contributed by atoms with Gasteiger partial charge in [0.05, 0.1) is 0 Å². The van der Waals surface area contributed by atoms with Crippen LogP contribution in [0.15, 0.2) is 18.3 Å². The monoisotopic (exact) mass is 230 g/mol. The van der Waals surface area contributed by atoms with Gasteiger partial charge in [0.1, 0.15) is 0 Å². The molecule has 2 N–H and O–H groups in total. The molecule has 2 aromatic rings. The number of H-pyrrole nitrogens is 1. The molecule has 0 spiro atoms. The SMILES string of the molecule is CCNCCCc1c[nH]c2c(C)c(C)ccc12. The number of rotatable bonds is 5. The zero-order valence-corrected chi connectivity index (χ0v) is 11.1. The summed E-state index contributed by atoms with van der Waals surface area (Å²) in [4.78, 5) is 3.42. The van der Waals surface area contributed by atoms with E-state index in [4.69, 9.17) is 0 Å². The second kappa shape index (κ2) is 5.37. The Labute approximate surface area is 103 Å². The summed E-state index contributed by atoms with van der Waals surface area (Å²) in [7, 11) is 0. The number of nitrogens with one attached hydrogen (secondary N) is 2. The number of aromatic nitrogens is 1. The van der Waals surface area contributed by atoms with Crippen LogP contribution in [0.25, 0.3) is 10.9 Å². The van der Waals surface area contributed by atoms with Crippen molar-refractivity contribution in [1.82, 2.24) is 10.3 Å². The summed E-state index contributed by atoms with van der Waals surface area (Å²) in [5, 5.41) is 4.76. The minimum absolute atomic E-state index is 1.06. The Kier molecular flexibility index (Phi) is 3.85. The van der Waals surface area contributed by atoms with Gasteiger partial charge in [-0.05, 0) is 56.5 Å². The molecule has 1 aromatic heterocycles. The predicted molar refractivity (Wildman–Crippen MR) is 74.6 cm³/mol. The fourth-order valence-electron chi connectivity index (χ4n) is 2.29. The highest BCUT2D eigenvalue weighted by Crippen LogP contribution is 2.24. The molecule has 0 unspecified atom stereocenters. The van der Waals surface area contributed by atoms with Gasteiger partial charge < -0.3 is 10.3 Å². The molecule has 0 saturated carbocycles. The second-order valence-corrected chi connectivity index (χ2v) is 4.70. The number of hydrogen-bond acceptors (Lipinski definition) is 1. The van der Waals surface area contributed by atoms with Crippen molar-refractivity contribution in [1.29, 1.82) is 0 Å². The Balaban J connectivity index is 2.16. The Bertz CT molecular complexity index is 497. The number of benzene rings is 1. The molecule has 0 bridgehead atoms. The molecule has 0 aliphatic carbocycles. The number of hydrogen-bond donors (Lipinski definition) is 2. The van der Waals surface area contributed by atoms with Crippen LogP contribution in [0.5, 0.6) is 0 Å². The van der Waals surface area contributed by atoms with Gasteiger partial charge in [-0.1, -0.05) is 19.1 Å². The first-order chi connectivity index (χ1) is 8.24. The molecular weight excluding hydrogens is 208 g/mol. The van der Waals surface area contributed by atoms with E-state index >= 15 is 0 Å². The summed E-state index contributed by atoms with van der Waals surface area (Å²) in [6.45, 7) is 8.68. The molecule has 0 radical (unpaired) electrons. The highest BCUT2D eigenvalue weighted by molar-refractivity contribution is 5.86. The molecular formula is C15H22N2. The lowest BCUT2D eigenvalue weighted by molar-refractivity contribution is 0.674. The van der Waals surface area contributed by atoms with Crippen molar-refractivity contribution in [3.63, 3.8) is 0 Å². The maximum atomic E-state index is 3.42. The minimum Gasteiger partial charge on any atom is -0.361 e. The van der Waals surface area contributed by atoms with E-state index in [0.29, 0.717) is 0 Å². The van der Waals surface area contributed by atoms with Crippen molar-refractivity contribution in [2.45, 2.75) is 33.6 Å². The molecule has 0 saturated heterocycles. The first-order valence-corrected chi connectivity index (χ1v) is 6.51. The largest absolute Gasteiger partial charge is 0.361 e. The Morgan fingerprint density at radius 3 is 2.82 bits per heavy atom. The zero-order valence-electron chi connectivity index (χ0n) is 11.1. The third-order valence-corrected chi connectivity index (χ3v) is 3.52. The van der Waals surface area contributed by atoms with Crippen molar-refractivity contribution in [3.05, 3.63) is 35.0 Å². The van der Waals surface area contributed by atoms with Crippen molar-refractivity contribution < 1.29 is 0 Å². The van der Waals surface area contributed by atoms with E-state index in [1.807, 2.05) is 0 Å². The van der Waals surface area contributed by atoms with Crippen LogP contribution in [-0.2, 0) is 6.42 Å². The third-order valence-electron chi connectivity index (χ3n) is 3.52. The molecule has 0 aliphatic heterocycles.